The Morgan fingerprint density at radius 3 is 1.59 bits per heavy atom. The molecule has 0 rings (SSSR count). The molecule has 134 valence electrons. The minimum absolute atomic E-state index is 0.156. The second-order valence-corrected chi connectivity index (χ2v) is 5.77. The van der Waals surface area contributed by atoms with Crippen LogP contribution in [0.5, 0.6) is 0 Å². The quantitative estimate of drug-likeness (QED) is 0.272. The molecule has 0 aliphatic rings. The van der Waals surface area contributed by atoms with Crippen LogP contribution in [0.15, 0.2) is 0 Å². The molecule has 22 heavy (non-hydrogen) atoms. The number of hydrogen-bond donors (Lipinski definition) is 6. The fourth-order valence-corrected chi connectivity index (χ4v) is 1.01. The van der Waals surface area contributed by atoms with Gasteiger partial charge in [0, 0.05) is 5.41 Å². The van der Waals surface area contributed by atoms with Crippen molar-refractivity contribution >= 4 is 5.97 Å². The predicted octanol–water partition coefficient (Wildman–Crippen LogP) is -1.77. The van der Waals surface area contributed by atoms with E-state index in [0.29, 0.717) is 6.42 Å². The van der Waals surface area contributed by atoms with Crippen LogP contribution in [0.1, 0.15) is 27.2 Å². The Kier molecular flexibility index (Phi) is 12.6. The molecule has 0 aromatic heterocycles. The number of carbonyl (C=O) groups excluding carboxylic acids is 1. The summed E-state index contributed by atoms with van der Waals surface area (Å²) in [4.78, 5) is 11.0. The predicted molar refractivity (Wildman–Crippen MR) is 80.9 cm³/mol. The van der Waals surface area contributed by atoms with Gasteiger partial charge in [-0.25, -0.2) is 0 Å². The van der Waals surface area contributed by atoms with Crippen molar-refractivity contribution in [1.29, 1.82) is 0 Å². The third kappa shape index (κ3) is 8.62. The summed E-state index contributed by atoms with van der Waals surface area (Å²) in [6.07, 6.45) is 0.594. The number of ether oxygens (including phenoxy) is 1. The first-order valence-electron chi connectivity index (χ1n) is 7.19. The van der Waals surface area contributed by atoms with E-state index in [1.165, 1.54) is 0 Å². The molecule has 0 fully saturated rings. The SMILES string of the molecule is CC(C)C(=O)OCC(N)(CO)CO.CCC(CO)(CO)CO. The molecule has 0 unspecified atom stereocenters. The zero-order valence-corrected chi connectivity index (χ0v) is 13.7. The van der Waals surface area contributed by atoms with Crippen LogP contribution in [-0.2, 0) is 9.53 Å². The monoisotopic (exact) mass is 325 g/mol. The van der Waals surface area contributed by atoms with Crippen molar-refractivity contribution in [1.82, 2.24) is 0 Å². The maximum absolute atomic E-state index is 11.0. The van der Waals surface area contributed by atoms with Gasteiger partial charge in [-0.05, 0) is 6.42 Å². The van der Waals surface area contributed by atoms with Crippen molar-refractivity contribution in [3.63, 3.8) is 0 Å². The van der Waals surface area contributed by atoms with Crippen molar-refractivity contribution in [2.75, 3.05) is 39.6 Å². The highest BCUT2D eigenvalue weighted by atomic mass is 16.5. The molecular weight excluding hydrogens is 294 g/mol. The van der Waals surface area contributed by atoms with Crippen LogP contribution in [0.2, 0.25) is 0 Å². The van der Waals surface area contributed by atoms with Crippen LogP contribution in [0, 0.1) is 11.3 Å². The van der Waals surface area contributed by atoms with Gasteiger partial charge in [0.05, 0.1) is 44.5 Å². The molecule has 0 amide bonds. The van der Waals surface area contributed by atoms with Gasteiger partial charge in [-0.15, -0.1) is 0 Å². The molecule has 8 nitrogen and oxygen atoms in total. The molecule has 0 aliphatic heterocycles. The number of aliphatic hydroxyl groups excluding tert-OH is 5. The summed E-state index contributed by atoms with van der Waals surface area (Å²) in [5.41, 5.74) is 3.57. The van der Waals surface area contributed by atoms with Crippen LogP contribution < -0.4 is 5.73 Å². The highest BCUT2D eigenvalue weighted by molar-refractivity contribution is 5.71. The van der Waals surface area contributed by atoms with E-state index in [1.54, 1.807) is 13.8 Å². The Hall–Kier alpha value is -0.770. The molecule has 0 radical (unpaired) electrons. The number of hydrogen-bond acceptors (Lipinski definition) is 8. The second-order valence-electron chi connectivity index (χ2n) is 5.77. The van der Waals surface area contributed by atoms with Gasteiger partial charge in [-0.1, -0.05) is 20.8 Å². The van der Waals surface area contributed by atoms with Crippen molar-refractivity contribution in [2.24, 2.45) is 17.1 Å². The molecule has 0 aliphatic carbocycles. The zero-order valence-electron chi connectivity index (χ0n) is 13.7. The Balaban J connectivity index is 0. The first-order chi connectivity index (χ1) is 10.2. The number of esters is 1. The van der Waals surface area contributed by atoms with E-state index in [2.05, 4.69) is 0 Å². The Labute approximate surface area is 131 Å². The highest BCUT2D eigenvalue weighted by Gasteiger charge is 2.26. The molecule has 0 atom stereocenters. The smallest absolute Gasteiger partial charge is 0.308 e. The molecule has 0 saturated carbocycles. The van der Waals surface area contributed by atoms with Gasteiger partial charge in [0.25, 0.3) is 0 Å². The van der Waals surface area contributed by atoms with Crippen LogP contribution in [0.25, 0.3) is 0 Å². The van der Waals surface area contributed by atoms with E-state index >= 15 is 0 Å². The van der Waals surface area contributed by atoms with Crippen molar-refractivity contribution in [3.05, 3.63) is 0 Å². The number of nitrogens with two attached hydrogens (primary N) is 1. The maximum Gasteiger partial charge on any atom is 0.308 e. The minimum atomic E-state index is -1.23. The number of aliphatic hydroxyl groups is 5. The van der Waals surface area contributed by atoms with Gasteiger partial charge in [0.1, 0.15) is 6.61 Å². The molecule has 7 N–H and O–H groups in total. The van der Waals surface area contributed by atoms with Crippen molar-refractivity contribution < 1.29 is 35.1 Å². The average Bonchev–Trinajstić information content (AvgIpc) is 2.55. The van der Waals surface area contributed by atoms with E-state index in [0.717, 1.165) is 0 Å². The number of rotatable bonds is 9. The third-order valence-electron chi connectivity index (χ3n) is 3.36. The summed E-state index contributed by atoms with van der Waals surface area (Å²) < 4.78 is 4.77. The molecule has 0 aromatic carbocycles. The molecule has 0 spiro atoms. The fraction of sp³-hybridized carbons (Fsp3) is 0.929. The van der Waals surface area contributed by atoms with E-state index < -0.39 is 30.1 Å². The summed E-state index contributed by atoms with van der Waals surface area (Å²) in [6, 6.07) is 0. The summed E-state index contributed by atoms with van der Waals surface area (Å²) in [7, 11) is 0. The van der Waals surface area contributed by atoms with Crippen molar-refractivity contribution in [3.8, 4) is 0 Å². The van der Waals surface area contributed by atoms with E-state index in [9.17, 15) is 4.79 Å². The molecule has 0 bridgehead atoms. The molecular formula is C14H31NO7. The van der Waals surface area contributed by atoms with E-state index in [-0.39, 0.29) is 32.3 Å². The standard InChI is InChI=1S/C8H17NO4.C6H14O3/c1-6(2)7(12)13-5-8(9,3-10)4-11;1-2-6(3-7,4-8)5-9/h6,10-11H,3-5,9H2,1-2H3;7-9H,2-5H2,1H3. The van der Waals surface area contributed by atoms with E-state index in [1.807, 2.05) is 6.92 Å². The summed E-state index contributed by atoms with van der Waals surface area (Å²) >= 11 is 0. The normalized spacial score (nSPS) is 11.9. The van der Waals surface area contributed by atoms with Crippen molar-refractivity contribution in [2.45, 2.75) is 32.7 Å². The largest absolute Gasteiger partial charge is 0.463 e. The zero-order chi connectivity index (χ0) is 17.8. The van der Waals surface area contributed by atoms with Crippen LogP contribution >= 0.6 is 0 Å². The molecule has 0 aromatic rings. The van der Waals surface area contributed by atoms with Gasteiger partial charge < -0.3 is 36.0 Å². The summed E-state index contributed by atoms with van der Waals surface area (Å²) in [5.74, 6) is -0.627. The van der Waals surface area contributed by atoms with Gasteiger partial charge in [0.15, 0.2) is 0 Å². The van der Waals surface area contributed by atoms with E-state index in [4.69, 9.17) is 36.0 Å². The highest BCUT2D eigenvalue weighted by Crippen LogP contribution is 2.18. The lowest BCUT2D eigenvalue weighted by molar-refractivity contribution is -0.150. The lowest BCUT2D eigenvalue weighted by Gasteiger charge is -2.24. The lowest BCUT2D eigenvalue weighted by atomic mass is 9.88. The summed E-state index contributed by atoms with van der Waals surface area (Å²) in [6.45, 7) is 3.73. The van der Waals surface area contributed by atoms with Gasteiger partial charge in [0.2, 0.25) is 0 Å². The third-order valence-corrected chi connectivity index (χ3v) is 3.36. The Morgan fingerprint density at radius 1 is 1.00 bits per heavy atom. The fourth-order valence-electron chi connectivity index (χ4n) is 1.01. The van der Waals surface area contributed by atoms with Crippen LogP contribution in [0.3, 0.4) is 0 Å². The lowest BCUT2D eigenvalue weighted by Crippen LogP contribution is -2.52. The van der Waals surface area contributed by atoms with Gasteiger partial charge in [-0.3, -0.25) is 4.79 Å². The van der Waals surface area contributed by atoms with Gasteiger partial charge in [-0.2, -0.15) is 0 Å². The Bertz CT molecular complexity index is 271. The van der Waals surface area contributed by atoms with Gasteiger partial charge >= 0.3 is 5.97 Å². The van der Waals surface area contributed by atoms with Crippen LogP contribution in [0.4, 0.5) is 0 Å². The number of carbonyl (C=O) groups is 1. The summed E-state index contributed by atoms with van der Waals surface area (Å²) in [5, 5.41) is 43.5. The minimum Gasteiger partial charge on any atom is -0.463 e. The first kappa shape index (κ1) is 23.5. The molecule has 0 heterocycles. The van der Waals surface area contributed by atoms with Crippen LogP contribution in [-0.4, -0.2) is 76.7 Å². The average molecular weight is 325 g/mol. The second kappa shape index (κ2) is 11.8. The Morgan fingerprint density at radius 2 is 1.41 bits per heavy atom. The maximum atomic E-state index is 11.0. The first-order valence-corrected chi connectivity index (χ1v) is 7.19. The molecule has 0 saturated heterocycles. The topological polar surface area (TPSA) is 153 Å². The molecule has 8 heteroatoms.